The van der Waals surface area contributed by atoms with Crippen molar-refractivity contribution >= 4 is 17.5 Å². The largest absolute Gasteiger partial charge is 0.373 e. The highest BCUT2D eigenvalue weighted by Crippen LogP contribution is 2.36. The Morgan fingerprint density at radius 2 is 1.55 bits per heavy atom. The van der Waals surface area contributed by atoms with Crippen LogP contribution in [0.4, 0.5) is 11.6 Å². The van der Waals surface area contributed by atoms with Crippen LogP contribution < -0.4 is 5.32 Å². The average molecular weight is 388 g/mol. The van der Waals surface area contributed by atoms with Crippen molar-refractivity contribution in [2.75, 3.05) is 25.5 Å². The smallest absolute Gasteiger partial charge is 0.256 e. The summed E-state index contributed by atoms with van der Waals surface area (Å²) in [4.78, 5) is 23.3. The van der Waals surface area contributed by atoms with Gasteiger partial charge in [0, 0.05) is 38.3 Å². The van der Waals surface area contributed by atoms with Crippen LogP contribution in [-0.2, 0) is 10.3 Å². The minimum atomic E-state index is -0.335. The second-order valence-electron chi connectivity index (χ2n) is 7.14. The Balaban J connectivity index is 1.40. The molecule has 1 amide bonds. The van der Waals surface area contributed by atoms with Gasteiger partial charge >= 0.3 is 0 Å². The number of nitrogens with one attached hydrogen (secondary N) is 1. The first-order chi connectivity index (χ1) is 14.2. The van der Waals surface area contributed by atoms with E-state index in [0.717, 1.165) is 24.1 Å². The third-order valence-corrected chi connectivity index (χ3v) is 5.48. The minimum Gasteiger partial charge on any atom is -0.373 e. The van der Waals surface area contributed by atoms with Gasteiger partial charge in [-0.2, -0.15) is 0 Å². The van der Waals surface area contributed by atoms with Gasteiger partial charge in [-0.3, -0.25) is 4.79 Å². The van der Waals surface area contributed by atoms with E-state index in [2.05, 4.69) is 27.4 Å². The van der Waals surface area contributed by atoms with Crippen LogP contribution in [0.3, 0.4) is 0 Å². The van der Waals surface area contributed by atoms with Crippen molar-refractivity contribution in [2.45, 2.75) is 18.4 Å². The molecule has 1 aliphatic rings. The van der Waals surface area contributed by atoms with Crippen LogP contribution in [0.1, 0.15) is 28.8 Å². The summed E-state index contributed by atoms with van der Waals surface area (Å²) in [6.45, 7) is 1.26. The van der Waals surface area contributed by atoms with Crippen molar-refractivity contribution in [1.82, 2.24) is 14.9 Å². The molecule has 4 rings (SSSR count). The number of rotatable bonds is 5. The van der Waals surface area contributed by atoms with E-state index in [0.29, 0.717) is 24.6 Å². The van der Waals surface area contributed by atoms with Gasteiger partial charge in [0.25, 0.3) is 5.91 Å². The van der Waals surface area contributed by atoms with Crippen LogP contribution in [0.25, 0.3) is 0 Å². The third kappa shape index (κ3) is 4.12. The molecule has 1 aromatic heterocycles. The summed E-state index contributed by atoms with van der Waals surface area (Å²) in [7, 11) is 1.75. The fourth-order valence-electron chi connectivity index (χ4n) is 3.76. The summed E-state index contributed by atoms with van der Waals surface area (Å²) in [6, 6.07) is 19.9. The summed E-state index contributed by atoms with van der Waals surface area (Å²) in [5, 5.41) is 3.12. The maximum Gasteiger partial charge on any atom is 0.256 e. The Morgan fingerprint density at radius 1 is 0.966 bits per heavy atom. The van der Waals surface area contributed by atoms with Gasteiger partial charge in [-0.1, -0.05) is 48.5 Å². The predicted molar refractivity (Wildman–Crippen MR) is 112 cm³/mol. The second kappa shape index (κ2) is 8.41. The molecular weight excluding hydrogens is 364 g/mol. The summed E-state index contributed by atoms with van der Waals surface area (Å²) in [5.41, 5.74) is 2.22. The van der Waals surface area contributed by atoms with E-state index in [1.165, 1.54) is 0 Å². The fourth-order valence-corrected chi connectivity index (χ4v) is 3.76. The summed E-state index contributed by atoms with van der Waals surface area (Å²) in [6.07, 6.45) is 4.67. The first kappa shape index (κ1) is 19.1. The number of nitrogens with zero attached hydrogens (tertiary/aromatic N) is 3. The number of likely N-dealkylation sites (tertiary alicyclic amines) is 1. The number of para-hydroxylation sites is 1. The fraction of sp³-hybridized carbons (Fsp3) is 0.261. The van der Waals surface area contributed by atoms with E-state index < -0.39 is 0 Å². The van der Waals surface area contributed by atoms with Crippen LogP contribution in [-0.4, -0.2) is 41.0 Å². The van der Waals surface area contributed by atoms with E-state index >= 15 is 0 Å². The molecule has 0 saturated carbocycles. The highest BCUT2D eigenvalue weighted by molar-refractivity contribution is 5.93. The van der Waals surface area contributed by atoms with Crippen molar-refractivity contribution in [3.63, 3.8) is 0 Å². The lowest BCUT2D eigenvalue weighted by atomic mass is 9.84. The highest BCUT2D eigenvalue weighted by atomic mass is 16.5. The minimum absolute atomic E-state index is 0.0472. The number of carbonyl (C=O) groups excluding carboxylic acids is 1. The van der Waals surface area contributed by atoms with Gasteiger partial charge < -0.3 is 15.0 Å². The van der Waals surface area contributed by atoms with Crippen molar-refractivity contribution in [2.24, 2.45) is 0 Å². The Labute approximate surface area is 170 Å². The van der Waals surface area contributed by atoms with Gasteiger partial charge in [0.2, 0.25) is 5.95 Å². The lowest BCUT2D eigenvalue weighted by molar-refractivity contribution is -0.0574. The summed E-state index contributed by atoms with van der Waals surface area (Å²) >= 11 is 0. The molecule has 148 valence electrons. The maximum atomic E-state index is 12.9. The Kier molecular flexibility index (Phi) is 5.53. The molecule has 2 aromatic carbocycles. The standard InChI is InChI=1S/C23H24N4O2/c1-29-23(19-8-4-2-5-9-19)12-14-27(15-13-23)21(28)18-16-24-22(25-17-18)26-20-10-6-3-7-11-20/h2-11,16-17H,12-15H2,1H3,(H,24,25,26). The molecular formula is C23H24N4O2. The van der Waals surface area contributed by atoms with Crippen molar-refractivity contribution < 1.29 is 9.53 Å². The number of carbonyl (C=O) groups is 1. The first-order valence-electron chi connectivity index (χ1n) is 9.74. The lowest BCUT2D eigenvalue weighted by Gasteiger charge is -2.41. The van der Waals surface area contributed by atoms with Crippen molar-refractivity contribution in [3.05, 3.63) is 84.2 Å². The van der Waals surface area contributed by atoms with E-state index in [9.17, 15) is 4.79 Å². The number of methoxy groups -OCH3 is 1. The molecule has 29 heavy (non-hydrogen) atoms. The van der Waals surface area contributed by atoms with Gasteiger partial charge in [-0.05, 0) is 30.5 Å². The molecule has 1 fully saturated rings. The van der Waals surface area contributed by atoms with Crippen LogP contribution in [0.5, 0.6) is 0 Å². The van der Waals surface area contributed by atoms with Gasteiger partial charge in [-0.15, -0.1) is 0 Å². The van der Waals surface area contributed by atoms with E-state index in [1.54, 1.807) is 19.5 Å². The topological polar surface area (TPSA) is 67.3 Å². The van der Waals surface area contributed by atoms with Crippen LogP contribution in [0.2, 0.25) is 0 Å². The Morgan fingerprint density at radius 3 is 2.14 bits per heavy atom. The van der Waals surface area contributed by atoms with Crippen LogP contribution in [0, 0.1) is 0 Å². The number of benzene rings is 2. The molecule has 0 bridgehead atoms. The quantitative estimate of drug-likeness (QED) is 0.716. The molecule has 0 spiro atoms. The van der Waals surface area contributed by atoms with Gasteiger partial charge in [0.1, 0.15) is 0 Å². The van der Waals surface area contributed by atoms with E-state index in [4.69, 9.17) is 4.74 Å². The zero-order valence-electron chi connectivity index (χ0n) is 16.4. The third-order valence-electron chi connectivity index (χ3n) is 5.48. The molecule has 0 unspecified atom stereocenters. The average Bonchev–Trinajstić information content (AvgIpc) is 2.80. The first-order valence-corrected chi connectivity index (χ1v) is 9.74. The maximum absolute atomic E-state index is 12.9. The van der Waals surface area contributed by atoms with Gasteiger partial charge in [0.15, 0.2) is 0 Å². The molecule has 6 heteroatoms. The molecule has 6 nitrogen and oxygen atoms in total. The second-order valence-corrected chi connectivity index (χ2v) is 7.14. The number of aromatic nitrogens is 2. The van der Waals surface area contributed by atoms with Gasteiger partial charge in [0.05, 0.1) is 11.2 Å². The van der Waals surface area contributed by atoms with Crippen molar-refractivity contribution in [1.29, 1.82) is 0 Å². The molecule has 0 aliphatic carbocycles. The van der Waals surface area contributed by atoms with E-state index in [1.807, 2.05) is 53.4 Å². The highest BCUT2D eigenvalue weighted by Gasteiger charge is 2.37. The SMILES string of the molecule is COC1(c2ccccc2)CCN(C(=O)c2cnc(Nc3ccccc3)nc2)CC1. The van der Waals surface area contributed by atoms with Crippen LogP contribution >= 0.6 is 0 Å². The monoisotopic (exact) mass is 388 g/mol. The summed E-state index contributed by atoms with van der Waals surface area (Å²) < 4.78 is 5.90. The molecule has 3 aromatic rings. The zero-order valence-corrected chi connectivity index (χ0v) is 16.4. The molecule has 2 heterocycles. The molecule has 1 saturated heterocycles. The lowest BCUT2D eigenvalue weighted by Crippen LogP contribution is -2.46. The number of hydrogen-bond acceptors (Lipinski definition) is 5. The number of anilines is 2. The molecule has 0 atom stereocenters. The van der Waals surface area contributed by atoms with Gasteiger partial charge in [-0.25, -0.2) is 9.97 Å². The Bertz CT molecular complexity index is 938. The number of piperidine rings is 1. The number of hydrogen-bond donors (Lipinski definition) is 1. The summed E-state index contributed by atoms with van der Waals surface area (Å²) in [5.74, 6) is 0.419. The molecule has 0 radical (unpaired) electrons. The molecule has 1 N–H and O–H groups in total. The zero-order chi connectivity index (χ0) is 20.1. The number of ether oxygens (including phenoxy) is 1. The van der Waals surface area contributed by atoms with Crippen LogP contribution in [0.15, 0.2) is 73.1 Å². The normalized spacial score (nSPS) is 15.7. The predicted octanol–water partition coefficient (Wildman–Crippen LogP) is 4.00. The Hall–Kier alpha value is -3.25. The van der Waals surface area contributed by atoms with E-state index in [-0.39, 0.29) is 11.5 Å². The van der Waals surface area contributed by atoms with Crippen molar-refractivity contribution in [3.8, 4) is 0 Å². The number of amides is 1. The molecule has 1 aliphatic heterocycles.